The van der Waals surface area contributed by atoms with E-state index in [1.807, 2.05) is 56.3 Å². The van der Waals surface area contributed by atoms with E-state index in [1.165, 1.54) is 0 Å². The molecule has 0 radical (unpaired) electrons. The molecule has 0 aromatic heterocycles. The summed E-state index contributed by atoms with van der Waals surface area (Å²) in [6.07, 6.45) is 0. The molecule has 1 saturated heterocycles. The fourth-order valence-corrected chi connectivity index (χ4v) is 3.61. The van der Waals surface area contributed by atoms with Gasteiger partial charge in [-0.2, -0.15) is 0 Å². The van der Waals surface area contributed by atoms with Gasteiger partial charge in [-0.1, -0.05) is 24.3 Å². The molecular formula is C24H34N6O2. The van der Waals surface area contributed by atoms with Gasteiger partial charge in [0.25, 0.3) is 0 Å². The number of phenols is 1. The first kappa shape index (κ1) is 23.2. The van der Waals surface area contributed by atoms with Crippen molar-refractivity contribution < 1.29 is 9.90 Å². The lowest BCUT2D eigenvalue weighted by Gasteiger charge is -2.37. The van der Waals surface area contributed by atoms with Gasteiger partial charge in [-0.15, -0.1) is 0 Å². The number of guanidine groups is 1. The van der Waals surface area contributed by atoms with Crippen LogP contribution in [-0.2, 0) is 6.54 Å². The molecule has 8 nitrogen and oxygen atoms in total. The number of phenolic OH excluding ortho intramolecular Hbond substituents is 1. The Balaban J connectivity index is 1.57. The van der Waals surface area contributed by atoms with Crippen LogP contribution in [0.3, 0.4) is 0 Å². The maximum absolute atomic E-state index is 11.8. The highest BCUT2D eigenvalue weighted by Gasteiger charge is 2.21. The molecule has 1 aliphatic rings. The molecule has 0 bridgehead atoms. The normalized spacial score (nSPS) is 14.4. The minimum Gasteiger partial charge on any atom is -0.506 e. The predicted octanol–water partition coefficient (Wildman–Crippen LogP) is 3.21. The highest BCUT2D eigenvalue weighted by Crippen LogP contribution is 2.27. The van der Waals surface area contributed by atoms with Gasteiger partial charge in [-0.05, 0) is 50.6 Å². The third kappa shape index (κ3) is 6.54. The number of carbonyl (C=O) groups is 1. The van der Waals surface area contributed by atoms with Crippen LogP contribution in [0.15, 0.2) is 53.5 Å². The van der Waals surface area contributed by atoms with Gasteiger partial charge in [0.05, 0.1) is 12.2 Å². The van der Waals surface area contributed by atoms with Gasteiger partial charge >= 0.3 is 6.03 Å². The highest BCUT2D eigenvalue weighted by molar-refractivity contribution is 5.89. The summed E-state index contributed by atoms with van der Waals surface area (Å²) in [5.74, 6) is 1.21. The van der Waals surface area contributed by atoms with Crippen molar-refractivity contribution in [3.05, 3.63) is 54.1 Å². The van der Waals surface area contributed by atoms with Crippen LogP contribution in [0.5, 0.6) is 5.75 Å². The number of nitrogens with zero attached hydrogens (tertiary/aromatic N) is 3. The number of nitrogens with one attached hydrogen (secondary N) is 3. The summed E-state index contributed by atoms with van der Waals surface area (Å²) in [5, 5.41) is 19.1. The number of rotatable bonds is 6. The van der Waals surface area contributed by atoms with Crippen molar-refractivity contribution in [2.75, 3.05) is 42.9 Å². The van der Waals surface area contributed by atoms with Crippen LogP contribution < -0.4 is 20.9 Å². The largest absolute Gasteiger partial charge is 0.506 e. The molecule has 2 aromatic rings. The number of aliphatic imine (C=N–C) groups is 1. The number of carbonyl (C=O) groups excluding carboxylic acids is 1. The molecule has 0 saturated carbocycles. The molecule has 0 atom stereocenters. The average molecular weight is 439 g/mol. The lowest BCUT2D eigenvalue weighted by atomic mass is 10.2. The Bertz CT molecular complexity index is 905. The second kappa shape index (κ2) is 11.3. The molecule has 2 aromatic carbocycles. The lowest BCUT2D eigenvalue weighted by molar-refractivity contribution is 0.250. The highest BCUT2D eigenvalue weighted by atomic mass is 16.3. The molecule has 1 fully saturated rings. The van der Waals surface area contributed by atoms with Crippen molar-refractivity contribution in [3.63, 3.8) is 0 Å². The Kier molecular flexibility index (Phi) is 8.19. The van der Waals surface area contributed by atoms with Gasteiger partial charge in [-0.25, -0.2) is 9.79 Å². The SMILES string of the molecule is CCNC(=NCc1ccc(NC(=O)NC(C)C)cc1)N1CCN(c2ccccc2O)CC1. The number of para-hydroxylation sites is 2. The Morgan fingerprint density at radius 3 is 2.38 bits per heavy atom. The van der Waals surface area contributed by atoms with E-state index in [9.17, 15) is 9.90 Å². The number of hydrogen-bond donors (Lipinski definition) is 4. The van der Waals surface area contributed by atoms with Gasteiger partial charge in [0.15, 0.2) is 5.96 Å². The Hall–Kier alpha value is -3.42. The third-order valence-corrected chi connectivity index (χ3v) is 5.18. The number of hydrogen-bond acceptors (Lipinski definition) is 4. The monoisotopic (exact) mass is 438 g/mol. The third-order valence-electron chi connectivity index (χ3n) is 5.18. The topological polar surface area (TPSA) is 92.2 Å². The molecule has 0 spiro atoms. The first-order chi connectivity index (χ1) is 15.5. The summed E-state index contributed by atoms with van der Waals surface area (Å²) in [6.45, 7) is 10.6. The van der Waals surface area contributed by atoms with E-state index in [4.69, 9.17) is 4.99 Å². The average Bonchev–Trinajstić information content (AvgIpc) is 2.77. The maximum Gasteiger partial charge on any atom is 0.319 e. The van der Waals surface area contributed by atoms with Crippen molar-refractivity contribution in [3.8, 4) is 5.75 Å². The van der Waals surface area contributed by atoms with Crippen molar-refractivity contribution in [2.24, 2.45) is 4.99 Å². The van der Waals surface area contributed by atoms with Crippen LogP contribution in [-0.4, -0.2) is 60.8 Å². The van der Waals surface area contributed by atoms with Crippen LogP contribution in [0.2, 0.25) is 0 Å². The first-order valence-corrected chi connectivity index (χ1v) is 11.2. The standard InChI is InChI=1S/C24H34N6O2/c1-4-25-23(30-15-13-29(14-16-30)21-7-5-6-8-22(21)31)26-17-19-9-11-20(12-10-19)28-24(32)27-18(2)3/h5-12,18,31H,4,13-17H2,1-3H3,(H,25,26)(H2,27,28,32). The summed E-state index contributed by atoms with van der Waals surface area (Å²) in [7, 11) is 0. The summed E-state index contributed by atoms with van der Waals surface area (Å²) >= 11 is 0. The minimum atomic E-state index is -0.205. The van der Waals surface area contributed by atoms with E-state index in [-0.39, 0.29) is 12.1 Å². The van der Waals surface area contributed by atoms with Crippen LogP contribution >= 0.6 is 0 Å². The molecule has 1 heterocycles. The maximum atomic E-state index is 11.8. The molecule has 172 valence electrons. The summed E-state index contributed by atoms with van der Waals surface area (Å²) < 4.78 is 0. The predicted molar refractivity (Wildman–Crippen MR) is 130 cm³/mol. The van der Waals surface area contributed by atoms with Crippen LogP contribution in [0.25, 0.3) is 0 Å². The molecule has 1 aliphatic heterocycles. The van der Waals surface area contributed by atoms with Gasteiger partial charge in [0.1, 0.15) is 5.75 Å². The van der Waals surface area contributed by atoms with Crippen molar-refractivity contribution >= 4 is 23.4 Å². The summed E-state index contributed by atoms with van der Waals surface area (Å²) in [6, 6.07) is 15.1. The Morgan fingerprint density at radius 2 is 1.75 bits per heavy atom. The minimum absolute atomic E-state index is 0.0911. The van der Waals surface area contributed by atoms with Gasteiger partial charge < -0.3 is 30.9 Å². The molecule has 2 amide bonds. The zero-order valence-electron chi connectivity index (χ0n) is 19.1. The molecule has 0 aliphatic carbocycles. The van der Waals surface area contributed by atoms with Crippen LogP contribution in [0.1, 0.15) is 26.3 Å². The smallest absolute Gasteiger partial charge is 0.319 e. The number of amides is 2. The quantitative estimate of drug-likeness (QED) is 0.411. The van der Waals surface area contributed by atoms with Crippen LogP contribution in [0.4, 0.5) is 16.2 Å². The molecule has 8 heteroatoms. The van der Waals surface area contributed by atoms with E-state index < -0.39 is 0 Å². The van der Waals surface area contributed by atoms with Crippen molar-refractivity contribution in [2.45, 2.75) is 33.4 Å². The van der Waals surface area contributed by atoms with E-state index in [0.717, 1.165) is 55.6 Å². The van der Waals surface area contributed by atoms with Gasteiger partial charge in [0.2, 0.25) is 0 Å². The number of anilines is 2. The van der Waals surface area contributed by atoms with E-state index >= 15 is 0 Å². The summed E-state index contributed by atoms with van der Waals surface area (Å²) in [5.41, 5.74) is 2.70. The zero-order valence-corrected chi connectivity index (χ0v) is 19.1. The second-order valence-electron chi connectivity index (χ2n) is 8.08. The lowest BCUT2D eigenvalue weighted by Crippen LogP contribution is -2.52. The fraction of sp³-hybridized carbons (Fsp3) is 0.417. The van der Waals surface area contributed by atoms with Crippen molar-refractivity contribution in [1.29, 1.82) is 0 Å². The van der Waals surface area contributed by atoms with Gasteiger partial charge in [0, 0.05) is 44.5 Å². The molecule has 3 rings (SSSR count). The number of urea groups is 1. The second-order valence-corrected chi connectivity index (χ2v) is 8.08. The van der Waals surface area contributed by atoms with Crippen molar-refractivity contribution in [1.82, 2.24) is 15.5 Å². The molecular weight excluding hydrogens is 404 g/mol. The zero-order chi connectivity index (χ0) is 22.9. The number of benzene rings is 2. The van der Waals surface area contributed by atoms with Gasteiger partial charge in [-0.3, -0.25) is 0 Å². The number of piperazine rings is 1. The van der Waals surface area contributed by atoms with E-state index in [0.29, 0.717) is 12.3 Å². The van der Waals surface area contributed by atoms with E-state index in [1.54, 1.807) is 6.07 Å². The first-order valence-electron chi connectivity index (χ1n) is 11.2. The Morgan fingerprint density at radius 1 is 1.06 bits per heavy atom. The fourth-order valence-electron chi connectivity index (χ4n) is 3.61. The molecule has 0 unspecified atom stereocenters. The van der Waals surface area contributed by atoms with E-state index in [2.05, 4.69) is 32.7 Å². The summed E-state index contributed by atoms with van der Waals surface area (Å²) in [4.78, 5) is 21.1. The molecule has 32 heavy (non-hydrogen) atoms. The molecule has 4 N–H and O–H groups in total. The van der Waals surface area contributed by atoms with Crippen LogP contribution in [0, 0.1) is 0 Å². The number of aromatic hydroxyl groups is 1. The Labute approximate surface area is 190 Å².